The van der Waals surface area contributed by atoms with Gasteiger partial charge in [-0.1, -0.05) is 36.7 Å². The number of amides is 1. The Morgan fingerprint density at radius 3 is 2.48 bits per heavy atom. The van der Waals surface area contributed by atoms with Crippen molar-refractivity contribution in [2.24, 2.45) is 0 Å². The molecule has 5 nitrogen and oxygen atoms in total. The van der Waals surface area contributed by atoms with Crippen molar-refractivity contribution < 1.29 is 9.18 Å². The zero-order chi connectivity index (χ0) is 18.0. The van der Waals surface area contributed by atoms with E-state index >= 15 is 0 Å². The average Bonchev–Trinajstić information content (AvgIpc) is 2.85. The van der Waals surface area contributed by atoms with Gasteiger partial charge in [0.1, 0.15) is 6.54 Å². The fourth-order valence-corrected chi connectivity index (χ4v) is 2.97. The largest absolute Gasteiger partial charge is 0.329 e. The molecule has 0 spiro atoms. The van der Waals surface area contributed by atoms with Crippen LogP contribution in [0.3, 0.4) is 0 Å². The number of carbonyl (C=O) groups is 1. The molecule has 0 aliphatic heterocycles. The lowest BCUT2D eigenvalue weighted by molar-refractivity contribution is -0.116. The van der Waals surface area contributed by atoms with Gasteiger partial charge in [0.05, 0.1) is 21.7 Å². The number of rotatable bonds is 5. The van der Waals surface area contributed by atoms with Gasteiger partial charge >= 0.3 is 5.69 Å². The van der Waals surface area contributed by atoms with Crippen LogP contribution < -0.4 is 11.0 Å². The minimum absolute atomic E-state index is 0.0113. The average molecular weight is 362 g/mol. The van der Waals surface area contributed by atoms with Gasteiger partial charge < -0.3 is 5.32 Å². The zero-order valence-corrected chi connectivity index (χ0v) is 14.4. The molecule has 3 aromatic rings. The second-order valence-corrected chi connectivity index (χ2v) is 6.07. The van der Waals surface area contributed by atoms with Crippen molar-refractivity contribution >= 4 is 34.2 Å². The van der Waals surface area contributed by atoms with Gasteiger partial charge in [-0.25, -0.2) is 9.18 Å². The molecule has 0 fully saturated rings. The van der Waals surface area contributed by atoms with Crippen LogP contribution in [0, 0.1) is 5.82 Å². The molecule has 0 atom stereocenters. The van der Waals surface area contributed by atoms with Gasteiger partial charge in [0, 0.05) is 6.54 Å². The van der Waals surface area contributed by atoms with Crippen LogP contribution >= 0.6 is 11.6 Å². The van der Waals surface area contributed by atoms with Crippen LogP contribution in [0.25, 0.3) is 11.0 Å². The van der Waals surface area contributed by atoms with Crippen LogP contribution in [-0.4, -0.2) is 15.0 Å². The molecule has 0 unspecified atom stereocenters. The first kappa shape index (κ1) is 17.2. The highest BCUT2D eigenvalue weighted by atomic mass is 35.5. The number of imidazole rings is 1. The molecule has 0 saturated carbocycles. The van der Waals surface area contributed by atoms with Crippen molar-refractivity contribution in [3.05, 3.63) is 63.8 Å². The molecule has 25 heavy (non-hydrogen) atoms. The van der Waals surface area contributed by atoms with Crippen molar-refractivity contribution in [3.8, 4) is 0 Å². The van der Waals surface area contributed by atoms with E-state index in [0.717, 1.165) is 11.9 Å². The van der Waals surface area contributed by atoms with E-state index in [2.05, 4.69) is 5.32 Å². The molecule has 1 N–H and O–H groups in total. The summed E-state index contributed by atoms with van der Waals surface area (Å²) in [7, 11) is 0. The predicted molar refractivity (Wildman–Crippen MR) is 96.5 cm³/mol. The van der Waals surface area contributed by atoms with Gasteiger partial charge in [0.2, 0.25) is 5.91 Å². The molecule has 1 aromatic heterocycles. The molecule has 0 aliphatic carbocycles. The summed E-state index contributed by atoms with van der Waals surface area (Å²) >= 11 is 5.71. The third kappa shape index (κ3) is 3.30. The van der Waals surface area contributed by atoms with Gasteiger partial charge in [0.15, 0.2) is 5.82 Å². The third-order valence-electron chi connectivity index (χ3n) is 3.90. The molecule has 0 aliphatic rings. The Bertz CT molecular complexity index is 994. The van der Waals surface area contributed by atoms with E-state index in [0.29, 0.717) is 12.1 Å². The van der Waals surface area contributed by atoms with Crippen molar-refractivity contribution in [2.75, 3.05) is 5.32 Å². The highest BCUT2D eigenvalue weighted by molar-refractivity contribution is 6.31. The van der Waals surface area contributed by atoms with Crippen molar-refractivity contribution in [3.63, 3.8) is 0 Å². The summed E-state index contributed by atoms with van der Waals surface area (Å²) in [5, 5.41) is 2.39. The second-order valence-electron chi connectivity index (χ2n) is 5.66. The summed E-state index contributed by atoms with van der Waals surface area (Å²) < 4.78 is 17.0. The highest BCUT2D eigenvalue weighted by Crippen LogP contribution is 2.22. The maximum atomic E-state index is 13.9. The zero-order valence-electron chi connectivity index (χ0n) is 13.6. The maximum absolute atomic E-state index is 13.9. The molecule has 0 bridgehead atoms. The Morgan fingerprint density at radius 1 is 1.12 bits per heavy atom. The molecule has 130 valence electrons. The first-order valence-corrected chi connectivity index (χ1v) is 8.32. The Labute approximate surface area is 148 Å². The monoisotopic (exact) mass is 361 g/mol. The van der Waals surface area contributed by atoms with Crippen LogP contribution in [0.5, 0.6) is 0 Å². The fourth-order valence-electron chi connectivity index (χ4n) is 2.80. The number of nitrogens with zero attached hydrogens (tertiary/aromatic N) is 2. The number of halogens is 2. The van der Waals surface area contributed by atoms with Gasteiger partial charge in [-0.15, -0.1) is 0 Å². The van der Waals surface area contributed by atoms with E-state index in [9.17, 15) is 14.0 Å². The first-order valence-electron chi connectivity index (χ1n) is 7.95. The Balaban J connectivity index is 1.93. The number of nitrogens with one attached hydrogen (secondary N) is 1. The summed E-state index contributed by atoms with van der Waals surface area (Å²) in [5.74, 6) is -1.19. The summed E-state index contributed by atoms with van der Waals surface area (Å²) in [6.07, 6.45) is 0.799. The van der Waals surface area contributed by atoms with E-state index in [-0.39, 0.29) is 22.9 Å². The molecular formula is C18H17ClFN3O2. The molecule has 0 radical (unpaired) electrons. The summed E-state index contributed by atoms with van der Waals surface area (Å²) in [4.78, 5) is 25.0. The molecule has 1 heterocycles. The number of hydrogen-bond acceptors (Lipinski definition) is 2. The standard InChI is InChI=1S/C18H17ClFN3O2/c1-2-10-22-14-8-3-4-9-15(14)23(18(22)25)11-16(24)21-13-7-5-6-12(19)17(13)20/h3-9H,2,10-11H2,1H3,(H,21,24). The Morgan fingerprint density at radius 2 is 1.80 bits per heavy atom. The molecular weight excluding hydrogens is 345 g/mol. The summed E-state index contributed by atoms with van der Waals surface area (Å²) in [5.41, 5.74) is 1.17. The van der Waals surface area contributed by atoms with Crippen LogP contribution in [0.1, 0.15) is 13.3 Å². The van der Waals surface area contributed by atoms with E-state index in [1.165, 1.54) is 16.7 Å². The van der Waals surface area contributed by atoms with Gasteiger partial charge in [-0.05, 0) is 30.7 Å². The molecule has 2 aromatic carbocycles. The van der Waals surface area contributed by atoms with Crippen molar-refractivity contribution in [2.45, 2.75) is 26.4 Å². The third-order valence-corrected chi connectivity index (χ3v) is 4.19. The van der Waals surface area contributed by atoms with E-state index < -0.39 is 11.7 Å². The van der Waals surface area contributed by atoms with E-state index in [1.54, 1.807) is 16.7 Å². The lowest BCUT2D eigenvalue weighted by Crippen LogP contribution is -2.29. The number of fused-ring (bicyclic) bond motifs is 1. The van der Waals surface area contributed by atoms with Crippen LogP contribution in [-0.2, 0) is 17.9 Å². The summed E-state index contributed by atoms with van der Waals surface area (Å²) in [6, 6.07) is 11.6. The molecule has 0 saturated heterocycles. The van der Waals surface area contributed by atoms with E-state index in [4.69, 9.17) is 11.6 Å². The number of aromatic nitrogens is 2. The maximum Gasteiger partial charge on any atom is 0.329 e. The smallest absolute Gasteiger partial charge is 0.322 e. The summed E-state index contributed by atoms with van der Waals surface area (Å²) in [6.45, 7) is 2.34. The fraction of sp³-hybridized carbons (Fsp3) is 0.222. The number of aryl methyl sites for hydroxylation is 1. The minimum atomic E-state index is -0.696. The number of anilines is 1. The molecule has 3 rings (SSSR count). The molecule has 7 heteroatoms. The topological polar surface area (TPSA) is 56.0 Å². The Kier molecular flexibility index (Phi) is 4.90. The van der Waals surface area contributed by atoms with Gasteiger partial charge in [0.25, 0.3) is 0 Å². The van der Waals surface area contributed by atoms with Crippen LogP contribution in [0.15, 0.2) is 47.3 Å². The number of carbonyl (C=O) groups excluding carboxylic acids is 1. The van der Waals surface area contributed by atoms with Crippen molar-refractivity contribution in [1.29, 1.82) is 0 Å². The second kappa shape index (κ2) is 7.11. The van der Waals surface area contributed by atoms with Crippen LogP contribution in [0.2, 0.25) is 5.02 Å². The normalized spacial score (nSPS) is 11.0. The lowest BCUT2D eigenvalue weighted by Gasteiger charge is -2.08. The predicted octanol–water partition coefficient (Wildman–Crippen LogP) is 3.64. The van der Waals surface area contributed by atoms with E-state index in [1.807, 2.05) is 25.1 Å². The number of hydrogen-bond donors (Lipinski definition) is 1. The first-order chi connectivity index (χ1) is 12.0. The quantitative estimate of drug-likeness (QED) is 0.754. The van der Waals surface area contributed by atoms with Crippen LogP contribution in [0.4, 0.5) is 10.1 Å². The Hall–Kier alpha value is -2.60. The highest BCUT2D eigenvalue weighted by Gasteiger charge is 2.16. The minimum Gasteiger partial charge on any atom is -0.322 e. The molecule has 1 amide bonds. The number of benzene rings is 2. The SMILES string of the molecule is CCCn1c(=O)n(CC(=O)Nc2cccc(Cl)c2F)c2ccccc21. The number of para-hydroxylation sites is 2. The lowest BCUT2D eigenvalue weighted by atomic mass is 10.3. The van der Waals surface area contributed by atoms with Gasteiger partial charge in [-0.3, -0.25) is 13.9 Å². The van der Waals surface area contributed by atoms with Crippen molar-refractivity contribution in [1.82, 2.24) is 9.13 Å². The van der Waals surface area contributed by atoms with Gasteiger partial charge in [-0.2, -0.15) is 0 Å².